The Morgan fingerprint density at radius 1 is 1.64 bits per heavy atom. The molecule has 72 valence electrons. The lowest BCUT2D eigenvalue weighted by molar-refractivity contribution is -0.140. The minimum atomic E-state index is -0.853. The van der Waals surface area contributed by atoms with E-state index in [4.69, 9.17) is 16.9 Å². The van der Waals surface area contributed by atoms with E-state index in [-0.39, 0.29) is 0 Å². The molecule has 0 fully saturated rings. The summed E-state index contributed by atoms with van der Waals surface area (Å²) in [7, 11) is 1.27. The summed E-state index contributed by atoms with van der Waals surface area (Å²) in [5, 5.41) is 7.78. The van der Waals surface area contributed by atoms with Crippen LogP contribution in [0.1, 0.15) is 16.5 Å². The number of ether oxygens (including phenoxy) is 1. The number of alkyl halides is 1. The van der Waals surface area contributed by atoms with Crippen LogP contribution in [0, 0.1) is 11.3 Å². The Balaban J connectivity index is 2.96. The van der Waals surface area contributed by atoms with Crippen molar-refractivity contribution in [2.45, 2.75) is 5.38 Å². The zero-order valence-corrected chi connectivity index (χ0v) is 8.28. The summed E-state index contributed by atoms with van der Waals surface area (Å²) in [5.41, 5.74) is 1.04. The molecule has 3 nitrogen and oxygen atoms in total. The van der Waals surface area contributed by atoms with Crippen molar-refractivity contribution in [1.82, 2.24) is 0 Å². The van der Waals surface area contributed by atoms with Gasteiger partial charge in [-0.3, -0.25) is 4.79 Å². The molecule has 1 atom stereocenters. The highest BCUT2D eigenvalue weighted by atomic mass is 35.5. The Morgan fingerprint density at radius 3 is 2.93 bits per heavy atom. The summed E-state index contributed by atoms with van der Waals surface area (Å²) in [6.07, 6.45) is 0. The van der Waals surface area contributed by atoms with Gasteiger partial charge in [-0.25, -0.2) is 0 Å². The molecule has 0 saturated carbocycles. The van der Waals surface area contributed by atoms with Crippen molar-refractivity contribution in [3.63, 3.8) is 0 Å². The quantitative estimate of drug-likeness (QED) is 0.553. The van der Waals surface area contributed by atoms with E-state index >= 15 is 0 Å². The van der Waals surface area contributed by atoms with Gasteiger partial charge in [0.15, 0.2) is 5.38 Å². The fourth-order valence-electron chi connectivity index (χ4n) is 1.01. The summed E-state index contributed by atoms with van der Waals surface area (Å²) in [5.74, 6) is -0.526. The number of carbonyl (C=O) groups is 1. The van der Waals surface area contributed by atoms with E-state index in [1.807, 2.05) is 6.07 Å². The van der Waals surface area contributed by atoms with Crippen LogP contribution in [-0.4, -0.2) is 13.1 Å². The first-order valence-corrected chi connectivity index (χ1v) is 4.34. The van der Waals surface area contributed by atoms with E-state index in [1.54, 1.807) is 24.3 Å². The van der Waals surface area contributed by atoms with Crippen LogP contribution in [-0.2, 0) is 9.53 Å². The largest absolute Gasteiger partial charge is 0.468 e. The average Bonchev–Trinajstić information content (AvgIpc) is 2.27. The maximum absolute atomic E-state index is 11.1. The number of hydrogen-bond donors (Lipinski definition) is 0. The van der Waals surface area contributed by atoms with Gasteiger partial charge in [0.1, 0.15) is 0 Å². The molecule has 1 rings (SSSR count). The fraction of sp³-hybridized carbons (Fsp3) is 0.200. The predicted molar refractivity (Wildman–Crippen MR) is 51.8 cm³/mol. The zero-order valence-electron chi connectivity index (χ0n) is 7.53. The van der Waals surface area contributed by atoms with Crippen LogP contribution in [0.15, 0.2) is 24.3 Å². The van der Waals surface area contributed by atoms with E-state index < -0.39 is 11.3 Å². The first-order chi connectivity index (χ1) is 6.69. The standard InChI is InChI=1S/C10H8ClNO2/c1-14-10(13)9(11)8-4-2-3-7(5-8)6-12/h2-5,9H,1H3. The number of nitriles is 1. The van der Waals surface area contributed by atoms with Crippen molar-refractivity contribution in [3.05, 3.63) is 35.4 Å². The minimum Gasteiger partial charge on any atom is -0.468 e. The normalized spacial score (nSPS) is 11.5. The third-order valence-electron chi connectivity index (χ3n) is 1.72. The highest BCUT2D eigenvalue weighted by Crippen LogP contribution is 2.22. The molecule has 0 amide bonds. The van der Waals surface area contributed by atoms with Crippen LogP contribution >= 0.6 is 11.6 Å². The summed E-state index contributed by atoms with van der Waals surface area (Å²) < 4.78 is 4.49. The second-order valence-corrected chi connectivity index (χ2v) is 3.06. The van der Waals surface area contributed by atoms with Crippen LogP contribution < -0.4 is 0 Å². The molecule has 0 bridgehead atoms. The minimum absolute atomic E-state index is 0.469. The highest BCUT2D eigenvalue weighted by molar-refractivity contribution is 6.29. The first kappa shape index (κ1) is 10.6. The number of carbonyl (C=O) groups excluding carboxylic acids is 1. The summed E-state index contributed by atoms with van der Waals surface area (Å²) in [6, 6.07) is 8.52. The van der Waals surface area contributed by atoms with Crippen molar-refractivity contribution in [3.8, 4) is 6.07 Å². The lowest BCUT2D eigenvalue weighted by atomic mass is 10.1. The number of methoxy groups -OCH3 is 1. The van der Waals surface area contributed by atoms with E-state index in [0.717, 1.165) is 0 Å². The van der Waals surface area contributed by atoms with Crippen LogP contribution in [0.2, 0.25) is 0 Å². The average molecular weight is 210 g/mol. The van der Waals surface area contributed by atoms with Crippen molar-refractivity contribution < 1.29 is 9.53 Å². The van der Waals surface area contributed by atoms with Gasteiger partial charge < -0.3 is 4.74 Å². The second-order valence-electron chi connectivity index (χ2n) is 2.62. The summed E-state index contributed by atoms with van der Waals surface area (Å²) >= 11 is 5.80. The number of hydrogen-bond acceptors (Lipinski definition) is 3. The number of benzene rings is 1. The molecule has 14 heavy (non-hydrogen) atoms. The van der Waals surface area contributed by atoms with Crippen molar-refractivity contribution in [2.24, 2.45) is 0 Å². The molecule has 1 unspecified atom stereocenters. The highest BCUT2D eigenvalue weighted by Gasteiger charge is 2.17. The smallest absolute Gasteiger partial charge is 0.328 e. The predicted octanol–water partition coefficient (Wildman–Crippen LogP) is 2.01. The van der Waals surface area contributed by atoms with Crippen LogP contribution in [0.25, 0.3) is 0 Å². The molecule has 0 heterocycles. The third kappa shape index (κ3) is 2.24. The number of halogens is 1. The summed E-state index contributed by atoms with van der Waals surface area (Å²) in [4.78, 5) is 11.1. The van der Waals surface area contributed by atoms with Gasteiger partial charge in [0.25, 0.3) is 0 Å². The van der Waals surface area contributed by atoms with E-state index in [1.165, 1.54) is 7.11 Å². The lowest BCUT2D eigenvalue weighted by Crippen LogP contribution is -2.08. The van der Waals surface area contributed by atoms with E-state index in [0.29, 0.717) is 11.1 Å². The summed E-state index contributed by atoms with van der Waals surface area (Å²) in [6.45, 7) is 0. The van der Waals surface area contributed by atoms with Crippen LogP contribution in [0.4, 0.5) is 0 Å². The molecule has 0 spiro atoms. The Hall–Kier alpha value is -1.53. The molecule has 0 radical (unpaired) electrons. The van der Waals surface area contributed by atoms with Crippen molar-refractivity contribution >= 4 is 17.6 Å². The topological polar surface area (TPSA) is 50.1 Å². The Labute approximate surface area is 86.9 Å². The van der Waals surface area contributed by atoms with Crippen molar-refractivity contribution in [1.29, 1.82) is 5.26 Å². The van der Waals surface area contributed by atoms with Gasteiger partial charge in [-0.15, -0.1) is 11.6 Å². The molecule has 4 heteroatoms. The maximum Gasteiger partial charge on any atom is 0.328 e. The van der Waals surface area contributed by atoms with Crippen LogP contribution in [0.3, 0.4) is 0 Å². The van der Waals surface area contributed by atoms with E-state index in [9.17, 15) is 4.79 Å². The molecule has 1 aromatic carbocycles. The Bertz CT molecular complexity index is 384. The molecule has 0 aliphatic carbocycles. The molecular weight excluding hydrogens is 202 g/mol. The molecule has 0 aliphatic rings. The molecule has 0 aromatic heterocycles. The molecule has 0 aliphatic heterocycles. The third-order valence-corrected chi connectivity index (χ3v) is 2.15. The van der Waals surface area contributed by atoms with Gasteiger partial charge in [-0.1, -0.05) is 12.1 Å². The Morgan fingerprint density at radius 2 is 2.36 bits per heavy atom. The van der Waals surface area contributed by atoms with Gasteiger partial charge in [-0.05, 0) is 17.7 Å². The molecule has 1 aromatic rings. The molecular formula is C10H8ClNO2. The number of esters is 1. The number of rotatable bonds is 2. The van der Waals surface area contributed by atoms with Gasteiger partial charge in [0.2, 0.25) is 0 Å². The first-order valence-electron chi connectivity index (χ1n) is 3.91. The van der Waals surface area contributed by atoms with Gasteiger partial charge >= 0.3 is 5.97 Å². The van der Waals surface area contributed by atoms with Crippen molar-refractivity contribution in [2.75, 3.05) is 7.11 Å². The molecule has 0 saturated heterocycles. The van der Waals surface area contributed by atoms with Crippen LogP contribution in [0.5, 0.6) is 0 Å². The lowest BCUT2D eigenvalue weighted by Gasteiger charge is -2.06. The van der Waals surface area contributed by atoms with E-state index in [2.05, 4.69) is 4.74 Å². The monoisotopic (exact) mass is 209 g/mol. The molecule has 0 N–H and O–H groups in total. The van der Waals surface area contributed by atoms with Gasteiger partial charge in [0.05, 0.1) is 18.7 Å². The zero-order chi connectivity index (χ0) is 10.6. The second kappa shape index (κ2) is 4.64. The Kier molecular flexibility index (Phi) is 3.49. The fourth-order valence-corrected chi connectivity index (χ4v) is 1.23. The van der Waals surface area contributed by atoms with Gasteiger partial charge in [-0.2, -0.15) is 5.26 Å². The van der Waals surface area contributed by atoms with Gasteiger partial charge in [0, 0.05) is 0 Å². The SMILES string of the molecule is COC(=O)C(Cl)c1cccc(C#N)c1. The number of nitrogens with zero attached hydrogens (tertiary/aromatic N) is 1. The maximum atomic E-state index is 11.1.